The Morgan fingerprint density at radius 2 is 2.29 bits per heavy atom. The van der Waals surface area contributed by atoms with Gasteiger partial charge in [0.05, 0.1) is 19.2 Å². The van der Waals surface area contributed by atoms with Crippen molar-refractivity contribution in [2.45, 2.75) is 16.6 Å². The van der Waals surface area contributed by atoms with Crippen LogP contribution in [-0.2, 0) is 4.79 Å². The SMILES string of the molecule is CC1(C(=O)N/N=C/c2ccc(Cl)s2)CC1(Br)Br. The minimum atomic E-state index is -0.447. The fourth-order valence-corrected chi connectivity index (χ4v) is 3.74. The lowest BCUT2D eigenvalue weighted by atomic mass is 10.1. The van der Waals surface area contributed by atoms with Gasteiger partial charge in [0.15, 0.2) is 0 Å². The van der Waals surface area contributed by atoms with Gasteiger partial charge in [-0.2, -0.15) is 5.10 Å². The lowest BCUT2D eigenvalue weighted by molar-refractivity contribution is -0.125. The lowest BCUT2D eigenvalue weighted by Crippen LogP contribution is -2.29. The Kier molecular flexibility index (Phi) is 3.69. The first-order valence-corrected chi connectivity index (χ1v) is 7.60. The number of carbonyl (C=O) groups is 1. The molecule has 0 spiro atoms. The Morgan fingerprint density at radius 1 is 1.65 bits per heavy atom. The fraction of sp³-hybridized carbons (Fsp3) is 0.400. The van der Waals surface area contributed by atoms with Crippen LogP contribution in [-0.4, -0.2) is 15.4 Å². The molecule has 1 unspecified atom stereocenters. The van der Waals surface area contributed by atoms with E-state index in [-0.39, 0.29) is 9.14 Å². The van der Waals surface area contributed by atoms with E-state index in [9.17, 15) is 4.79 Å². The highest BCUT2D eigenvalue weighted by atomic mass is 79.9. The van der Waals surface area contributed by atoms with Gasteiger partial charge in [0, 0.05) is 4.88 Å². The monoisotopic (exact) mass is 398 g/mol. The van der Waals surface area contributed by atoms with E-state index >= 15 is 0 Å². The number of amides is 1. The Balaban J connectivity index is 1.91. The third-order valence-corrected chi connectivity index (χ3v) is 6.19. The zero-order valence-corrected chi connectivity index (χ0v) is 13.6. The summed E-state index contributed by atoms with van der Waals surface area (Å²) in [6.07, 6.45) is 2.33. The van der Waals surface area contributed by atoms with Crippen LogP contribution in [0.3, 0.4) is 0 Å². The number of carbonyl (C=O) groups excluding carboxylic acids is 1. The molecule has 1 saturated carbocycles. The van der Waals surface area contributed by atoms with Crippen molar-refractivity contribution < 1.29 is 4.79 Å². The van der Waals surface area contributed by atoms with Crippen LogP contribution in [0.5, 0.6) is 0 Å². The van der Waals surface area contributed by atoms with E-state index in [1.54, 1.807) is 12.3 Å². The summed E-state index contributed by atoms with van der Waals surface area (Å²) >= 11 is 14.1. The van der Waals surface area contributed by atoms with Crippen molar-refractivity contribution in [3.05, 3.63) is 21.3 Å². The van der Waals surface area contributed by atoms with Crippen molar-refractivity contribution in [3.63, 3.8) is 0 Å². The molecule has 1 aliphatic rings. The number of thiophene rings is 1. The molecule has 0 saturated heterocycles. The quantitative estimate of drug-likeness (QED) is 0.469. The normalized spacial score (nSPS) is 26.1. The van der Waals surface area contributed by atoms with E-state index in [1.807, 2.05) is 13.0 Å². The van der Waals surface area contributed by atoms with Crippen LogP contribution >= 0.6 is 54.8 Å². The minimum Gasteiger partial charge on any atom is -0.272 e. The van der Waals surface area contributed by atoms with E-state index < -0.39 is 5.41 Å². The van der Waals surface area contributed by atoms with Gasteiger partial charge in [-0.1, -0.05) is 43.5 Å². The number of hydrogen-bond donors (Lipinski definition) is 1. The zero-order valence-electron chi connectivity index (χ0n) is 8.84. The molecule has 1 aromatic rings. The zero-order chi connectivity index (χ0) is 12.7. The molecule has 0 aromatic carbocycles. The summed E-state index contributed by atoms with van der Waals surface area (Å²) in [4.78, 5) is 12.7. The number of nitrogens with one attached hydrogen (secondary N) is 1. The molecule has 92 valence electrons. The van der Waals surface area contributed by atoms with Gasteiger partial charge in [0.25, 0.3) is 0 Å². The number of hydrogen-bond acceptors (Lipinski definition) is 3. The van der Waals surface area contributed by atoms with E-state index in [1.165, 1.54) is 11.3 Å². The van der Waals surface area contributed by atoms with Crippen LogP contribution in [0, 0.1) is 5.41 Å². The topological polar surface area (TPSA) is 41.5 Å². The minimum absolute atomic E-state index is 0.106. The van der Waals surface area contributed by atoms with Gasteiger partial charge in [0.1, 0.15) is 0 Å². The first-order valence-electron chi connectivity index (χ1n) is 4.82. The van der Waals surface area contributed by atoms with E-state index in [0.29, 0.717) is 4.34 Å². The fourth-order valence-electron chi connectivity index (χ4n) is 1.32. The van der Waals surface area contributed by atoms with Gasteiger partial charge in [-0.3, -0.25) is 4.79 Å². The highest BCUT2D eigenvalue weighted by Crippen LogP contribution is 2.66. The van der Waals surface area contributed by atoms with Gasteiger partial charge >= 0.3 is 0 Å². The van der Waals surface area contributed by atoms with Gasteiger partial charge in [-0.15, -0.1) is 11.3 Å². The van der Waals surface area contributed by atoms with Crippen LogP contribution in [0.2, 0.25) is 4.34 Å². The summed E-state index contributed by atoms with van der Waals surface area (Å²) in [5, 5.41) is 3.91. The molecule has 1 amide bonds. The predicted molar refractivity (Wildman–Crippen MR) is 78.4 cm³/mol. The second-order valence-corrected chi connectivity index (χ2v) is 9.57. The van der Waals surface area contributed by atoms with Crippen molar-refractivity contribution in [2.24, 2.45) is 10.5 Å². The summed E-state index contributed by atoms with van der Waals surface area (Å²) in [6, 6.07) is 3.64. The lowest BCUT2D eigenvalue weighted by Gasteiger charge is -2.09. The molecule has 1 aliphatic carbocycles. The molecule has 3 nitrogen and oxygen atoms in total. The van der Waals surface area contributed by atoms with Crippen LogP contribution in [0.25, 0.3) is 0 Å². The maximum atomic E-state index is 11.8. The Morgan fingerprint density at radius 3 is 2.76 bits per heavy atom. The second-order valence-electron chi connectivity index (χ2n) is 4.05. The third kappa shape index (κ3) is 2.75. The van der Waals surface area contributed by atoms with Crippen LogP contribution < -0.4 is 5.43 Å². The first-order chi connectivity index (χ1) is 7.85. The first kappa shape index (κ1) is 13.5. The van der Waals surface area contributed by atoms with Gasteiger partial charge < -0.3 is 0 Å². The maximum Gasteiger partial charge on any atom is 0.248 e. The second kappa shape index (κ2) is 4.64. The number of hydrazone groups is 1. The molecule has 1 atom stereocenters. The maximum absolute atomic E-state index is 11.8. The number of alkyl halides is 2. The van der Waals surface area contributed by atoms with Gasteiger partial charge in [0.2, 0.25) is 5.91 Å². The molecular weight excluding hydrogens is 391 g/mol. The summed E-state index contributed by atoms with van der Waals surface area (Å²) in [7, 11) is 0. The highest BCUT2D eigenvalue weighted by molar-refractivity contribution is 9.25. The summed E-state index contributed by atoms with van der Waals surface area (Å²) in [6.45, 7) is 1.88. The van der Waals surface area contributed by atoms with Crippen LogP contribution in [0.4, 0.5) is 0 Å². The molecule has 2 rings (SSSR count). The molecule has 0 bridgehead atoms. The van der Waals surface area contributed by atoms with Crippen molar-refractivity contribution >= 4 is 66.9 Å². The Hall–Kier alpha value is 0.0900. The number of nitrogens with zero attached hydrogens (tertiary/aromatic N) is 1. The molecular formula is C10H9Br2ClN2OS. The van der Waals surface area contributed by atoms with E-state index in [4.69, 9.17) is 11.6 Å². The molecule has 17 heavy (non-hydrogen) atoms. The summed E-state index contributed by atoms with van der Waals surface area (Å²) < 4.78 is 0.408. The van der Waals surface area contributed by atoms with E-state index in [2.05, 4.69) is 42.4 Å². The Labute approximate surface area is 125 Å². The van der Waals surface area contributed by atoms with Crippen molar-refractivity contribution in [1.29, 1.82) is 0 Å². The predicted octanol–water partition coefficient (Wildman–Crippen LogP) is 3.75. The highest BCUT2D eigenvalue weighted by Gasteiger charge is 2.66. The molecule has 1 fully saturated rings. The van der Waals surface area contributed by atoms with Crippen molar-refractivity contribution in [1.82, 2.24) is 5.43 Å². The smallest absolute Gasteiger partial charge is 0.248 e. The molecule has 0 aliphatic heterocycles. The molecule has 0 radical (unpaired) electrons. The average molecular weight is 401 g/mol. The molecule has 1 heterocycles. The van der Waals surface area contributed by atoms with Crippen LogP contribution in [0.1, 0.15) is 18.2 Å². The van der Waals surface area contributed by atoms with Crippen LogP contribution in [0.15, 0.2) is 17.2 Å². The molecule has 1 N–H and O–H groups in total. The van der Waals surface area contributed by atoms with E-state index in [0.717, 1.165) is 11.3 Å². The third-order valence-electron chi connectivity index (χ3n) is 2.71. The number of rotatable bonds is 3. The Bertz CT molecular complexity index is 488. The van der Waals surface area contributed by atoms with Crippen molar-refractivity contribution in [2.75, 3.05) is 0 Å². The summed E-state index contributed by atoms with van der Waals surface area (Å²) in [5.41, 5.74) is 2.09. The molecule has 1 aromatic heterocycles. The molecule has 7 heteroatoms. The number of halogens is 3. The standard InChI is InChI=1S/C10H9Br2ClN2OS/c1-9(5-10(9,11)12)8(16)15-14-4-6-2-3-7(13)17-6/h2-4H,5H2,1H3,(H,15,16)/b14-4+. The average Bonchev–Trinajstić information content (AvgIpc) is 2.58. The van der Waals surface area contributed by atoms with Gasteiger partial charge in [-0.25, -0.2) is 5.43 Å². The van der Waals surface area contributed by atoms with Crippen molar-refractivity contribution in [3.8, 4) is 0 Å². The summed E-state index contributed by atoms with van der Waals surface area (Å²) in [5.74, 6) is -0.106. The van der Waals surface area contributed by atoms with Gasteiger partial charge in [-0.05, 0) is 25.5 Å². The largest absolute Gasteiger partial charge is 0.272 e.